The van der Waals surface area contributed by atoms with Gasteiger partial charge in [0, 0.05) is 40.9 Å². The van der Waals surface area contributed by atoms with Gasteiger partial charge in [-0.05, 0) is 80.2 Å². The van der Waals surface area contributed by atoms with Crippen LogP contribution in [0.2, 0.25) is 0 Å². The number of Topliss-reactive ketones (excluding diaryl/α,β-unsaturated/α-hetero) is 2. The second kappa shape index (κ2) is 9.97. The van der Waals surface area contributed by atoms with Gasteiger partial charge >= 0.3 is 0 Å². The van der Waals surface area contributed by atoms with E-state index < -0.39 is 23.4 Å². The molecule has 2 aromatic heterocycles. The van der Waals surface area contributed by atoms with Gasteiger partial charge in [-0.1, -0.05) is 38.1 Å². The minimum absolute atomic E-state index is 0.0154. The van der Waals surface area contributed by atoms with Gasteiger partial charge in [-0.3, -0.25) is 19.6 Å². The number of hydrogen-bond acceptors (Lipinski definition) is 7. The first-order valence-corrected chi connectivity index (χ1v) is 14.8. The minimum atomic E-state index is -1.58. The maximum absolute atomic E-state index is 13.4. The van der Waals surface area contributed by atoms with Crippen molar-refractivity contribution in [2.75, 3.05) is 6.61 Å². The molecular formula is C33H40N2O5. The second-order valence-corrected chi connectivity index (χ2v) is 13.2. The van der Waals surface area contributed by atoms with Crippen molar-refractivity contribution in [3.8, 4) is 0 Å². The largest absolute Gasteiger partial charge is 0.393 e. The fourth-order valence-corrected chi connectivity index (χ4v) is 9.32. The quantitative estimate of drug-likeness (QED) is 0.402. The van der Waals surface area contributed by atoms with E-state index in [0.29, 0.717) is 12.3 Å². The molecule has 2 heterocycles. The number of fused-ring (bicyclic) bond motifs is 8. The summed E-state index contributed by atoms with van der Waals surface area (Å²) in [7, 11) is 0. The summed E-state index contributed by atoms with van der Waals surface area (Å²) in [6.07, 6.45) is 9.08. The lowest BCUT2D eigenvalue weighted by atomic mass is 9.44. The molecule has 0 aliphatic heterocycles. The average Bonchev–Trinajstić information content (AvgIpc) is 3.23. The Balaban J connectivity index is 0.000000173. The van der Waals surface area contributed by atoms with Crippen LogP contribution in [0.3, 0.4) is 0 Å². The van der Waals surface area contributed by atoms with E-state index in [1.165, 1.54) is 0 Å². The van der Waals surface area contributed by atoms with E-state index in [2.05, 4.69) is 41.2 Å². The average molecular weight is 545 g/mol. The van der Waals surface area contributed by atoms with Crippen LogP contribution in [-0.2, 0) is 9.59 Å². The molecule has 7 nitrogen and oxygen atoms in total. The number of carbonyl (C=O) groups excluding carboxylic acids is 2. The fourth-order valence-electron chi connectivity index (χ4n) is 9.32. The van der Waals surface area contributed by atoms with Gasteiger partial charge in [-0.2, -0.15) is 0 Å². The highest BCUT2D eigenvalue weighted by Gasteiger charge is 2.68. The van der Waals surface area contributed by atoms with Gasteiger partial charge in [0.1, 0.15) is 18.0 Å². The number of aliphatic hydroxyl groups is 3. The zero-order valence-corrected chi connectivity index (χ0v) is 23.4. The third-order valence-electron chi connectivity index (χ3n) is 11.4. The number of ketones is 2. The maximum atomic E-state index is 13.4. The molecule has 7 heteroatoms. The van der Waals surface area contributed by atoms with Crippen molar-refractivity contribution in [1.82, 2.24) is 9.97 Å². The molecule has 8 atom stereocenters. The fraction of sp³-hybridized carbons (Fsp3) is 0.576. The van der Waals surface area contributed by atoms with Crippen LogP contribution in [0.25, 0.3) is 21.8 Å². The normalized spacial score (nSPS) is 38.6. The summed E-state index contributed by atoms with van der Waals surface area (Å²) in [5.74, 6) is 0.380. The monoisotopic (exact) mass is 544 g/mol. The van der Waals surface area contributed by atoms with Gasteiger partial charge in [-0.25, -0.2) is 0 Å². The van der Waals surface area contributed by atoms with Crippen LogP contribution < -0.4 is 0 Å². The predicted octanol–water partition coefficient (Wildman–Crippen LogP) is 4.64. The standard InChI is InChI=1S/C21H32O5.C12H8N2/c1-19-7-5-13(23)9-12(19)3-4-14-15-6-8-21(26,17(25)11-22)20(15,2)10-16(24)18(14)19;1-3-9-5-6-10-4-2-8-14-12(10)11(9)13-7-1/h12-15,18,22-23,26H,3-11H2,1-2H3;1-8H/t12-,13-,14+,15+,18-,19+,20+,21+;/m1./s1. The number of benzene rings is 1. The Morgan fingerprint density at radius 3 is 2.23 bits per heavy atom. The summed E-state index contributed by atoms with van der Waals surface area (Å²) in [6.45, 7) is 3.46. The first-order valence-electron chi connectivity index (χ1n) is 14.8. The third-order valence-corrected chi connectivity index (χ3v) is 11.4. The maximum Gasteiger partial charge on any atom is 0.190 e. The third kappa shape index (κ3) is 4.04. The smallest absolute Gasteiger partial charge is 0.190 e. The Kier molecular flexibility index (Phi) is 6.83. The molecule has 1 aromatic carbocycles. The molecule has 0 bridgehead atoms. The molecule has 4 fully saturated rings. The van der Waals surface area contributed by atoms with Crippen molar-refractivity contribution in [2.45, 2.75) is 76.9 Å². The Labute approximate surface area is 235 Å². The lowest BCUT2D eigenvalue weighted by Crippen LogP contribution is -2.62. The van der Waals surface area contributed by atoms with Gasteiger partial charge in [0.2, 0.25) is 0 Å². The molecule has 3 N–H and O–H groups in total. The van der Waals surface area contributed by atoms with E-state index in [1.54, 1.807) is 12.4 Å². The van der Waals surface area contributed by atoms with Crippen molar-refractivity contribution in [3.05, 3.63) is 48.8 Å². The van der Waals surface area contributed by atoms with Crippen LogP contribution >= 0.6 is 0 Å². The SMILES string of the molecule is C[C@]12CC[C@@H](O)C[C@H]1CC[C@@H]1[C@@H]2C(=O)C[C@@]2(C)[C@H]1CC[C@]2(O)C(=O)CO.c1cnc2c(c1)ccc1cccnc12. The van der Waals surface area contributed by atoms with Crippen molar-refractivity contribution in [3.63, 3.8) is 0 Å². The first-order chi connectivity index (χ1) is 19.1. The summed E-state index contributed by atoms with van der Waals surface area (Å²) < 4.78 is 0. The van der Waals surface area contributed by atoms with Crippen LogP contribution in [0, 0.1) is 34.5 Å². The van der Waals surface area contributed by atoms with Gasteiger partial charge in [0.15, 0.2) is 5.78 Å². The van der Waals surface area contributed by atoms with Crippen molar-refractivity contribution in [2.24, 2.45) is 34.5 Å². The molecule has 0 saturated heterocycles. The van der Waals surface area contributed by atoms with Crippen LogP contribution in [0.15, 0.2) is 48.8 Å². The molecule has 212 valence electrons. The van der Waals surface area contributed by atoms with E-state index in [0.717, 1.165) is 60.3 Å². The van der Waals surface area contributed by atoms with E-state index in [9.17, 15) is 24.9 Å². The van der Waals surface area contributed by atoms with Crippen molar-refractivity contribution < 1.29 is 24.9 Å². The number of aliphatic hydroxyl groups excluding tert-OH is 2. The molecule has 4 aliphatic carbocycles. The van der Waals surface area contributed by atoms with E-state index in [1.807, 2.05) is 19.1 Å². The minimum Gasteiger partial charge on any atom is -0.393 e. The molecule has 40 heavy (non-hydrogen) atoms. The number of nitrogens with zero attached hydrogens (tertiary/aromatic N) is 2. The van der Waals surface area contributed by atoms with E-state index >= 15 is 0 Å². The van der Waals surface area contributed by atoms with Gasteiger partial charge < -0.3 is 15.3 Å². The number of carbonyl (C=O) groups is 2. The summed E-state index contributed by atoms with van der Waals surface area (Å²) >= 11 is 0. The number of pyridine rings is 2. The van der Waals surface area contributed by atoms with Gasteiger partial charge in [0.05, 0.1) is 17.1 Å². The molecule has 0 radical (unpaired) electrons. The van der Waals surface area contributed by atoms with E-state index in [4.69, 9.17) is 0 Å². The molecule has 4 saturated carbocycles. The predicted molar refractivity (Wildman–Crippen MR) is 152 cm³/mol. The molecule has 0 spiro atoms. The Morgan fingerprint density at radius 1 is 0.950 bits per heavy atom. The number of rotatable bonds is 2. The molecule has 0 unspecified atom stereocenters. The summed E-state index contributed by atoms with van der Waals surface area (Å²) in [4.78, 5) is 34.4. The lowest BCUT2D eigenvalue weighted by molar-refractivity contribution is -0.180. The summed E-state index contributed by atoms with van der Waals surface area (Å²) in [5, 5.41) is 32.9. The topological polar surface area (TPSA) is 121 Å². The molecule has 0 amide bonds. The summed E-state index contributed by atoms with van der Waals surface area (Å²) in [5.41, 5.74) is -0.450. The second-order valence-electron chi connectivity index (χ2n) is 13.2. The summed E-state index contributed by atoms with van der Waals surface area (Å²) in [6, 6.07) is 12.1. The highest BCUT2D eigenvalue weighted by Crippen LogP contribution is 2.67. The highest BCUT2D eigenvalue weighted by atomic mass is 16.3. The molecular weight excluding hydrogens is 504 g/mol. The Hall–Kier alpha value is -2.74. The van der Waals surface area contributed by atoms with Gasteiger partial charge in [-0.15, -0.1) is 0 Å². The van der Waals surface area contributed by atoms with Crippen molar-refractivity contribution in [1.29, 1.82) is 0 Å². The molecule has 4 aliphatic rings. The van der Waals surface area contributed by atoms with Crippen LogP contribution in [0.4, 0.5) is 0 Å². The number of aromatic nitrogens is 2. The zero-order valence-electron chi connectivity index (χ0n) is 23.4. The van der Waals surface area contributed by atoms with Crippen LogP contribution in [-0.4, -0.2) is 55.2 Å². The Morgan fingerprint density at radius 2 is 1.60 bits per heavy atom. The van der Waals surface area contributed by atoms with Crippen molar-refractivity contribution >= 4 is 33.4 Å². The molecule has 3 aromatic rings. The van der Waals surface area contributed by atoms with Gasteiger partial charge in [0.25, 0.3) is 0 Å². The zero-order chi connectivity index (χ0) is 28.3. The molecule has 7 rings (SSSR count). The number of hydrogen-bond donors (Lipinski definition) is 3. The highest BCUT2D eigenvalue weighted by molar-refractivity contribution is 6.02. The van der Waals surface area contributed by atoms with Crippen LogP contribution in [0.5, 0.6) is 0 Å². The Bertz CT molecular complexity index is 1400. The van der Waals surface area contributed by atoms with Crippen LogP contribution in [0.1, 0.15) is 65.2 Å². The van der Waals surface area contributed by atoms with E-state index in [-0.39, 0.29) is 41.5 Å². The first kappa shape index (κ1) is 27.4. The lowest BCUT2D eigenvalue weighted by Gasteiger charge is -2.60.